The summed E-state index contributed by atoms with van der Waals surface area (Å²) >= 11 is 6.34. The number of hydrogen-bond donors (Lipinski definition) is 0. The Morgan fingerprint density at radius 3 is 2.68 bits per heavy atom. The zero-order valence-corrected chi connectivity index (χ0v) is 13.8. The molecule has 0 spiro atoms. The molecule has 1 atom stereocenters. The summed E-state index contributed by atoms with van der Waals surface area (Å²) < 4.78 is 4.95. The van der Waals surface area contributed by atoms with E-state index in [1.807, 2.05) is 18.2 Å². The summed E-state index contributed by atoms with van der Waals surface area (Å²) in [4.78, 5) is 11.5. The Hall–Kier alpha value is -1.80. The first-order valence-electron chi connectivity index (χ1n) is 7.53. The van der Waals surface area contributed by atoms with Gasteiger partial charge in [-0.3, -0.25) is 4.79 Å². The Kier molecular flexibility index (Phi) is 6.02. The second-order valence-corrected chi connectivity index (χ2v) is 5.85. The van der Waals surface area contributed by atoms with Gasteiger partial charge in [-0.25, -0.2) is 0 Å². The van der Waals surface area contributed by atoms with Gasteiger partial charge in [0.05, 0.1) is 18.4 Å². The molecular weight excluding hydrogens is 296 g/mol. The molecule has 0 aliphatic carbocycles. The average molecular weight is 317 g/mol. The van der Waals surface area contributed by atoms with Gasteiger partial charge in [0.1, 0.15) is 0 Å². The first-order valence-corrected chi connectivity index (χ1v) is 7.96. The lowest BCUT2D eigenvalue weighted by Crippen LogP contribution is -2.07. The van der Waals surface area contributed by atoms with Crippen molar-refractivity contribution >= 4 is 17.6 Å². The molecule has 2 nitrogen and oxygen atoms in total. The minimum Gasteiger partial charge on any atom is -0.466 e. The molecule has 2 rings (SSSR count). The van der Waals surface area contributed by atoms with Gasteiger partial charge in [0.25, 0.3) is 0 Å². The molecule has 3 heteroatoms. The van der Waals surface area contributed by atoms with E-state index < -0.39 is 0 Å². The number of hydrogen-bond acceptors (Lipinski definition) is 2. The van der Waals surface area contributed by atoms with Gasteiger partial charge in [-0.1, -0.05) is 48.5 Å². The molecule has 0 amide bonds. The standard InChI is InChI=1S/C19H21ClO2/c1-3-22-19(21)13-18(20)17-10-6-8-15(12-17)11-16-9-5-4-7-14(16)2/h4-10,12,18H,3,11,13H2,1-2H3/t18-/m1/s1. The van der Waals surface area contributed by atoms with Gasteiger partial charge in [-0.15, -0.1) is 11.6 Å². The van der Waals surface area contributed by atoms with Gasteiger partial charge in [0.2, 0.25) is 0 Å². The second-order valence-electron chi connectivity index (χ2n) is 5.32. The Morgan fingerprint density at radius 2 is 1.95 bits per heavy atom. The first kappa shape index (κ1) is 16.6. The zero-order chi connectivity index (χ0) is 15.9. The third-order valence-corrected chi connectivity index (χ3v) is 4.03. The molecule has 0 N–H and O–H groups in total. The van der Waals surface area contributed by atoms with Gasteiger partial charge in [0, 0.05) is 0 Å². The Labute approximate surface area is 137 Å². The highest BCUT2D eigenvalue weighted by Gasteiger charge is 2.14. The van der Waals surface area contributed by atoms with Crippen LogP contribution < -0.4 is 0 Å². The van der Waals surface area contributed by atoms with Crippen molar-refractivity contribution in [3.05, 3.63) is 70.8 Å². The van der Waals surface area contributed by atoms with Crippen LogP contribution in [0.5, 0.6) is 0 Å². The van der Waals surface area contributed by atoms with Crippen LogP contribution in [0.4, 0.5) is 0 Å². The number of halogens is 1. The van der Waals surface area contributed by atoms with E-state index in [1.54, 1.807) is 6.92 Å². The van der Waals surface area contributed by atoms with Crippen LogP contribution in [-0.4, -0.2) is 12.6 Å². The maximum Gasteiger partial charge on any atom is 0.307 e. The summed E-state index contributed by atoms with van der Waals surface area (Å²) in [7, 11) is 0. The number of carbonyl (C=O) groups is 1. The van der Waals surface area contributed by atoms with Crippen LogP contribution in [-0.2, 0) is 16.0 Å². The number of benzene rings is 2. The molecule has 2 aromatic carbocycles. The van der Waals surface area contributed by atoms with E-state index in [0.29, 0.717) is 6.61 Å². The lowest BCUT2D eigenvalue weighted by atomic mass is 9.98. The SMILES string of the molecule is CCOC(=O)C[C@@H](Cl)c1cccc(Cc2ccccc2C)c1. The Bertz CT molecular complexity index is 637. The van der Waals surface area contributed by atoms with Gasteiger partial charge in [0.15, 0.2) is 0 Å². The largest absolute Gasteiger partial charge is 0.466 e. The first-order chi connectivity index (χ1) is 10.6. The Balaban J connectivity index is 2.09. The number of esters is 1. The van der Waals surface area contributed by atoms with Crippen molar-refractivity contribution in [2.45, 2.75) is 32.1 Å². The minimum absolute atomic E-state index is 0.198. The quantitative estimate of drug-likeness (QED) is 0.564. The fraction of sp³-hybridized carbons (Fsp3) is 0.316. The van der Waals surface area contributed by atoms with Crippen molar-refractivity contribution in [3.63, 3.8) is 0 Å². The molecule has 2 aromatic rings. The molecule has 116 valence electrons. The van der Waals surface area contributed by atoms with Gasteiger partial charge in [-0.2, -0.15) is 0 Å². The van der Waals surface area contributed by atoms with Crippen LogP contribution >= 0.6 is 11.6 Å². The summed E-state index contributed by atoms with van der Waals surface area (Å²) in [6.07, 6.45) is 1.06. The smallest absolute Gasteiger partial charge is 0.307 e. The van der Waals surface area contributed by atoms with Crippen molar-refractivity contribution < 1.29 is 9.53 Å². The predicted octanol–water partition coefficient (Wildman–Crippen LogP) is 4.82. The van der Waals surface area contributed by atoms with Crippen LogP contribution in [0.2, 0.25) is 0 Å². The predicted molar refractivity (Wildman–Crippen MR) is 90.3 cm³/mol. The third kappa shape index (κ3) is 4.60. The van der Waals surface area contributed by atoms with Crippen LogP contribution in [0.3, 0.4) is 0 Å². The van der Waals surface area contributed by atoms with Gasteiger partial charge < -0.3 is 4.74 Å². The van der Waals surface area contributed by atoms with Crippen LogP contribution in [0.25, 0.3) is 0 Å². The highest BCUT2D eigenvalue weighted by molar-refractivity contribution is 6.21. The van der Waals surface area contributed by atoms with Crippen LogP contribution in [0, 0.1) is 6.92 Å². The molecule has 0 saturated heterocycles. The molecule has 0 fully saturated rings. The lowest BCUT2D eigenvalue weighted by Gasteiger charge is -2.12. The highest BCUT2D eigenvalue weighted by Crippen LogP contribution is 2.26. The molecule has 0 bridgehead atoms. The molecule has 0 radical (unpaired) electrons. The molecule has 22 heavy (non-hydrogen) atoms. The van der Waals surface area contributed by atoms with E-state index in [2.05, 4.69) is 37.3 Å². The topological polar surface area (TPSA) is 26.3 Å². The van der Waals surface area contributed by atoms with Crippen molar-refractivity contribution in [1.82, 2.24) is 0 Å². The second kappa shape index (κ2) is 8.00. The summed E-state index contributed by atoms with van der Waals surface area (Å²) in [5.41, 5.74) is 4.74. The van der Waals surface area contributed by atoms with Crippen LogP contribution in [0.1, 0.15) is 41.0 Å². The number of aryl methyl sites for hydroxylation is 1. The number of alkyl halides is 1. The van der Waals surface area contributed by atoms with E-state index in [1.165, 1.54) is 16.7 Å². The van der Waals surface area contributed by atoms with E-state index >= 15 is 0 Å². The van der Waals surface area contributed by atoms with Crippen molar-refractivity contribution in [2.24, 2.45) is 0 Å². The summed E-state index contributed by atoms with van der Waals surface area (Å²) in [6, 6.07) is 16.5. The number of carbonyl (C=O) groups excluding carboxylic acids is 1. The molecule has 0 unspecified atom stereocenters. The number of rotatable bonds is 6. The average Bonchev–Trinajstić information content (AvgIpc) is 2.50. The lowest BCUT2D eigenvalue weighted by molar-refractivity contribution is -0.143. The van der Waals surface area contributed by atoms with Gasteiger partial charge >= 0.3 is 5.97 Å². The van der Waals surface area contributed by atoms with E-state index in [-0.39, 0.29) is 17.8 Å². The summed E-state index contributed by atoms with van der Waals surface area (Å²) in [6.45, 7) is 4.30. The molecule has 0 aliphatic heterocycles. The van der Waals surface area contributed by atoms with E-state index in [9.17, 15) is 4.79 Å². The molecule has 0 aromatic heterocycles. The van der Waals surface area contributed by atoms with E-state index in [0.717, 1.165) is 12.0 Å². The maximum atomic E-state index is 11.5. The summed E-state index contributed by atoms with van der Waals surface area (Å²) in [5, 5.41) is -0.351. The highest BCUT2D eigenvalue weighted by atomic mass is 35.5. The molecule has 0 heterocycles. The monoisotopic (exact) mass is 316 g/mol. The van der Waals surface area contributed by atoms with Crippen molar-refractivity contribution in [1.29, 1.82) is 0 Å². The maximum absolute atomic E-state index is 11.5. The third-order valence-electron chi connectivity index (χ3n) is 3.62. The molecular formula is C19H21ClO2. The van der Waals surface area contributed by atoms with E-state index in [4.69, 9.17) is 16.3 Å². The normalized spacial score (nSPS) is 12.0. The van der Waals surface area contributed by atoms with Crippen LogP contribution in [0.15, 0.2) is 48.5 Å². The molecule has 0 saturated carbocycles. The van der Waals surface area contributed by atoms with Crippen molar-refractivity contribution in [2.75, 3.05) is 6.61 Å². The fourth-order valence-corrected chi connectivity index (χ4v) is 2.67. The molecule has 0 aliphatic rings. The summed E-state index contributed by atoms with van der Waals surface area (Å²) in [5.74, 6) is -0.258. The zero-order valence-electron chi connectivity index (χ0n) is 13.0. The minimum atomic E-state index is -0.351. The number of ether oxygens (including phenoxy) is 1. The van der Waals surface area contributed by atoms with Gasteiger partial charge in [-0.05, 0) is 42.5 Å². The van der Waals surface area contributed by atoms with Crippen molar-refractivity contribution in [3.8, 4) is 0 Å². The Morgan fingerprint density at radius 1 is 1.18 bits per heavy atom. The fourth-order valence-electron chi connectivity index (χ4n) is 2.41.